The number of likely N-dealkylation sites (tertiary alicyclic amines) is 1. The largest absolute Gasteiger partial charge is 0.351 e. The minimum atomic E-state index is -0.718. The second kappa shape index (κ2) is 5.31. The topological polar surface area (TPSA) is 66.5 Å². The van der Waals surface area contributed by atoms with Crippen LogP contribution >= 0.6 is 0 Å². The van der Waals surface area contributed by atoms with Gasteiger partial charge >= 0.3 is 0 Å². The Hall–Kier alpha value is -2.17. The zero-order valence-corrected chi connectivity index (χ0v) is 11.9. The molecule has 0 bridgehead atoms. The van der Waals surface area contributed by atoms with Crippen molar-refractivity contribution >= 4 is 17.7 Å². The van der Waals surface area contributed by atoms with E-state index >= 15 is 0 Å². The molecule has 1 N–H and O–H groups in total. The summed E-state index contributed by atoms with van der Waals surface area (Å²) in [6.45, 7) is 1.61. The number of carbonyl (C=O) groups is 3. The van der Waals surface area contributed by atoms with Crippen molar-refractivity contribution in [3.63, 3.8) is 0 Å². The normalized spacial score (nSPS) is 25.9. The number of hydrogen-bond donors (Lipinski definition) is 1. The number of rotatable bonds is 4. The van der Waals surface area contributed by atoms with Crippen LogP contribution in [0.25, 0.3) is 0 Å². The predicted octanol–water partition coefficient (Wildman–Crippen LogP) is 1.20. The standard InChI is InChI=1S/C16H18N2O3/c1-10(18-14(19)7-8-15(18)20)16(21)17-13-9-12(13)11-5-3-2-4-6-11/h2-6,10,12-13H,7-9H2,1H3,(H,17,21)/t10-,12-,13+/m1/s1. The molecule has 0 unspecified atom stereocenters. The van der Waals surface area contributed by atoms with Gasteiger partial charge in [0.05, 0.1) is 0 Å². The molecule has 2 fully saturated rings. The SMILES string of the molecule is C[C@H](C(=O)N[C@H]1C[C@@H]1c1ccccc1)N1C(=O)CCC1=O. The van der Waals surface area contributed by atoms with Crippen LogP contribution in [0.4, 0.5) is 0 Å². The molecule has 0 aromatic heterocycles. The van der Waals surface area contributed by atoms with Crippen LogP contribution in [-0.4, -0.2) is 34.7 Å². The molecular formula is C16H18N2O3. The molecule has 1 aliphatic heterocycles. The van der Waals surface area contributed by atoms with Crippen molar-refractivity contribution in [2.75, 3.05) is 0 Å². The molecule has 1 saturated heterocycles. The molecule has 0 spiro atoms. The van der Waals surface area contributed by atoms with Crippen LogP contribution in [0.1, 0.15) is 37.7 Å². The van der Waals surface area contributed by atoms with E-state index in [9.17, 15) is 14.4 Å². The van der Waals surface area contributed by atoms with E-state index in [1.165, 1.54) is 5.56 Å². The third-order valence-electron chi connectivity index (χ3n) is 4.20. The molecule has 5 heteroatoms. The van der Waals surface area contributed by atoms with Crippen LogP contribution in [0.15, 0.2) is 30.3 Å². The minimum absolute atomic E-state index is 0.107. The Balaban J connectivity index is 1.58. The minimum Gasteiger partial charge on any atom is -0.351 e. The molecule has 1 aliphatic carbocycles. The number of imide groups is 1. The first kappa shape index (κ1) is 13.8. The van der Waals surface area contributed by atoms with Crippen LogP contribution < -0.4 is 5.32 Å². The van der Waals surface area contributed by atoms with Crippen molar-refractivity contribution in [2.24, 2.45) is 0 Å². The van der Waals surface area contributed by atoms with Crippen molar-refractivity contribution in [1.82, 2.24) is 10.2 Å². The summed E-state index contributed by atoms with van der Waals surface area (Å²) in [7, 11) is 0. The highest BCUT2D eigenvalue weighted by molar-refractivity contribution is 6.05. The summed E-state index contributed by atoms with van der Waals surface area (Å²) in [5.41, 5.74) is 1.21. The van der Waals surface area contributed by atoms with Gasteiger partial charge in [0.15, 0.2) is 0 Å². The zero-order chi connectivity index (χ0) is 15.0. The molecule has 110 valence electrons. The average molecular weight is 286 g/mol. The van der Waals surface area contributed by atoms with Gasteiger partial charge in [-0.05, 0) is 18.9 Å². The van der Waals surface area contributed by atoms with E-state index in [-0.39, 0.29) is 36.6 Å². The molecule has 1 saturated carbocycles. The van der Waals surface area contributed by atoms with Gasteiger partial charge in [0.2, 0.25) is 17.7 Å². The highest BCUT2D eigenvalue weighted by Crippen LogP contribution is 2.40. The Morgan fingerprint density at radius 1 is 1.19 bits per heavy atom. The second-order valence-electron chi connectivity index (χ2n) is 5.70. The maximum absolute atomic E-state index is 12.2. The van der Waals surface area contributed by atoms with Gasteiger partial charge in [0.1, 0.15) is 6.04 Å². The molecule has 21 heavy (non-hydrogen) atoms. The third-order valence-corrected chi connectivity index (χ3v) is 4.20. The first-order valence-electron chi connectivity index (χ1n) is 7.28. The lowest BCUT2D eigenvalue weighted by Crippen LogP contribution is -2.48. The first-order chi connectivity index (χ1) is 10.1. The van der Waals surface area contributed by atoms with E-state index < -0.39 is 6.04 Å². The van der Waals surface area contributed by atoms with E-state index in [2.05, 4.69) is 5.32 Å². The highest BCUT2D eigenvalue weighted by Gasteiger charge is 2.42. The lowest BCUT2D eigenvalue weighted by Gasteiger charge is -2.21. The van der Waals surface area contributed by atoms with Gasteiger partial charge in [0, 0.05) is 24.8 Å². The average Bonchev–Trinajstić information content (AvgIpc) is 3.17. The number of carbonyl (C=O) groups excluding carboxylic acids is 3. The molecular weight excluding hydrogens is 268 g/mol. The van der Waals surface area contributed by atoms with Gasteiger partial charge in [-0.1, -0.05) is 30.3 Å². The van der Waals surface area contributed by atoms with Crippen LogP contribution in [0.3, 0.4) is 0 Å². The summed E-state index contributed by atoms with van der Waals surface area (Å²) in [6.07, 6.45) is 1.34. The first-order valence-corrected chi connectivity index (χ1v) is 7.28. The Morgan fingerprint density at radius 3 is 2.43 bits per heavy atom. The number of amides is 3. The summed E-state index contributed by atoms with van der Waals surface area (Å²) in [5, 5.41) is 2.94. The summed E-state index contributed by atoms with van der Waals surface area (Å²) in [4.78, 5) is 36.6. The fourth-order valence-electron chi connectivity index (χ4n) is 2.87. The molecule has 1 heterocycles. The molecule has 3 atom stereocenters. The summed E-state index contributed by atoms with van der Waals surface area (Å²) in [5.74, 6) is -0.412. The molecule has 2 aliphatic rings. The Labute approximate surface area is 123 Å². The van der Waals surface area contributed by atoms with Crippen LogP contribution in [0.2, 0.25) is 0 Å². The summed E-state index contributed by atoms with van der Waals surface area (Å²) in [6, 6.07) is 9.42. The molecule has 0 radical (unpaired) electrons. The van der Waals surface area contributed by atoms with Gasteiger partial charge in [0.25, 0.3) is 0 Å². The number of benzene rings is 1. The lowest BCUT2D eigenvalue weighted by atomic mass is 10.1. The van der Waals surface area contributed by atoms with E-state index in [0.717, 1.165) is 11.3 Å². The maximum Gasteiger partial charge on any atom is 0.243 e. The Kier molecular flexibility index (Phi) is 3.49. The van der Waals surface area contributed by atoms with Crippen LogP contribution in [0, 0.1) is 0 Å². The molecule has 1 aromatic carbocycles. The number of nitrogens with zero attached hydrogens (tertiary/aromatic N) is 1. The van der Waals surface area contributed by atoms with Crippen molar-refractivity contribution in [1.29, 1.82) is 0 Å². The third kappa shape index (κ3) is 2.68. The van der Waals surface area contributed by atoms with Crippen molar-refractivity contribution in [3.8, 4) is 0 Å². The highest BCUT2D eigenvalue weighted by atomic mass is 16.2. The van der Waals surface area contributed by atoms with Crippen LogP contribution in [0.5, 0.6) is 0 Å². The van der Waals surface area contributed by atoms with Crippen molar-refractivity contribution in [3.05, 3.63) is 35.9 Å². The Bertz CT molecular complexity index is 568. The smallest absolute Gasteiger partial charge is 0.243 e. The molecule has 3 amide bonds. The lowest BCUT2D eigenvalue weighted by molar-refractivity contribution is -0.146. The predicted molar refractivity (Wildman–Crippen MR) is 76.3 cm³/mol. The van der Waals surface area contributed by atoms with E-state index in [1.54, 1.807) is 6.92 Å². The van der Waals surface area contributed by atoms with E-state index in [1.807, 2.05) is 30.3 Å². The molecule has 5 nitrogen and oxygen atoms in total. The Morgan fingerprint density at radius 2 is 1.81 bits per heavy atom. The van der Waals surface area contributed by atoms with E-state index in [4.69, 9.17) is 0 Å². The second-order valence-corrected chi connectivity index (χ2v) is 5.70. The molecule has 1 aromatic rings. The van der Waals surface area contributed by atoms with Gasteiger partial charge in [-0.2, -0.15) is 0 Å². The van der Waals surface area contributed by atoms with Crippen molar-refractivity contribution < 1.29 is 14.4 Å². The van der Waals surface area contributed by atoms with Crippen molar-refractivity contribution in [2.45, 2.75) is 44.2 Å². The van der Waals surface area contributed by atoms with E-state index in [0.29, 0.717) is 5.92 Å². The maximum atomic E-state index is 12.2. The fourth-order valence-corrected chi connectivity index (χ4v) is 2.87. The van der Waals surface area contributed by atoms with Gasteiger partial charge in [-0.3, -0.25) is 19.3 Å². The summed E-state index contributed by atoms with van der Waals surface area (Å²) >= 11 is 0. The summed E-state index contributed by atoms with van der Waals surface area (Å²) < 4.78 is 0. The van der Waals surface area contributed by atoms with Gasteiger partial charge < -0.3 is 5.32 Å². The molecule has 3 rings (SSSR count). The quantitative estimate of drug-likeness (QED) is 0.846. The number of nitrogens with one attached hydrogen (secondary N) is 1. The fraction of sp³-hybridized carbons (Fsp3) is 0.438. The van der Waals surface area contributed by atoms with Gasteiger partial charge in [-0.25, -0.2) is 0 Å². The number of hydrogen-bond acceptors (Lipinski definition) is 3. The monoisotopic (exact) mass is 286 g/mol. The van der Waals surface area contributed by atoms with Crippen LogP contribution in [-0.2, 0) is 14.4 Å². The zero-order valence-electron chi connectivity index (χ0n) is 11.9. The van der Waals surface area contributed by atoms with Gasteiger partial charge in [-0.15, -0.1) is 0 Å².